The Labute approximate surface area is 85.1 Å². The van der Waals surface area contributed by atoms with Gasteiger partial charge in [-0.05, 0) is 12.6 Å². The van der Waals surface area contributed by atoms with Gasteiger partial charge in [-0.3, -0.25) is 4.79 Å². The quantitative estimate of drug-likeness (QED) is 0.766. The van der Waals surface area contributed by atoms with Gasteiger partial charge in [-0.1, -0.05) is 0 Å². The molecule has 0 fully saturated rings. The van der Waals surface area contributed by atoms with Crippen LogP contribution in [-0.4, -0.2) is 12.3 Å². The minimum Gasteiger partial charge on any atom is -0.330 e. The maximum Gasteiger partial charge on any atom is 0.167 e. The molecule has 0 aliphatic carbocycles. The average molecular weight is 210 g/mol. The number of ketones is 1. The normalized spacial score (nSPS) is 9.73. The summed E-state index contributed by atoms with van der Waals surface area (Å²) in [6.07, 6.45) is -0.0343. The van der Waals surface area contributed by atoms with Crippen molar-refractivity contribution in [2.75, 3.05) is 6.54 Å². The smallest absolute Gasteiger partial charge is 0.167 e. The zero-order valence-corrected chi connectivity index (χ0v) is 7.76. The van der Waals surface area contributed by atoms with Crippen LogP contribution in [0.4, 0.5) is 8.78 Å². The molecule has 0 aliphatic heterocycles. The number of Topliss-reactive ketones (excluding diaryl/α,β-unsaturated/α-hetero) is 1. The number of nitriles is 1. The van der Waals surface area contributed by atoms with Crippen molar-refractivity contribution in [1.82, 2.24) is 0 Å². The van der Waals surface area contributed by atoms with Crippen molar-refractivity contribution in [2.45, 2.75) is 6.42 Å². The topological polar surface area (TPSA) is 66.9 Å². The molecule has 0 bridgehead atoms. The Bertz CT molecular complexity index is 438. The number of nitrogens with zero attached hydrogens (tertiary/aromatic N) is 1. The fraction of sp³-hybridized carbons (Fsp3) is 0.200. The second-order valence-corrected chi connectivity index (χ2v) is 2.89. The van der Waals surface area contributed by atoms with Crippen molar-refractivity contribution < 1.29 is 13.6 Å². The van der Waals surface area contributed by atoms with Crippen LogP contribution in [0.5, 0.6) is 0 Å². The molecule has 0 saturated heterocycles. The summed E-state index contributed by atoms with van der Waals surface area (Å²) in [7, 11) is 0. The Balaban J connectivity index is 3.20. The summed E-state index contributed by atoms with van der Waals surface area (Å²) >= 11 is 0. The number of carbonyl (C=O) groups excluding carboxylic acids is 1. The van der Waals surface area contributed by atoms with Crippen LogP contribution in [0.2, 0.25) is 0 Å². The van der Waals surface area contributed by atoms with E-state index in [1.54, 1.807) is 0 Å². The van der Waals surface area contributed by atoms with Crippen LogP contribution in [0.25, 0.3) is 0 Å². The van der Waals surface area contributed by atoms with Gasteiger partial charge in [0.25, 0.3) is 0 Å². The second kappa shape index (κ2) is 4.62. The third-order valence-electron chi connectivity index (χ3n) is 1.85. The van der Waals surface area contributed by atoms with Gasteiger partial charge in [0.15, 0.2) is 5.78 Å². The maximum absolute atomic E-state index is 13.1. The number of halogens is 2. The fourth-order valence-corrected chi connectivity index (χ4v) is 1.11. The molecule has 0 spiro atoms. The lowest BCUT2D eigenvalue weighted by atomic mass is 10.0. The number of benzene rings is 1. The number of nitrogens with two attached hydrogens (primary N) is 1. The summed E-state index contributed by atoms with van der Waals surface area (Å²) in [5.74, 6) is -2.48. The van der Waals surface area contributed by atoms with E-state index in [1.165, 1.54) is 6.07 Å². The first-order valence-corrected chi connectivity index (χ1v) is 4.22. The highest BCUT2D eigenvalue weighted by atomic mass is 19.1. The molecule has 15 heavy (non-hydrogen) atoms. The molecule has 0 heterocycles. The maximum atomic E-state index is 13.1. The zero-order chi connectivity index (χ0) is 11.4. The molecule has 0 saturated carbocycles. The van der Waals surface area contributed by atoms with Crippen molar-refractivity contribution in [2.24, 2.45) is 5.73 Å². The van der Waals surface area contributed by atoms with Crippen LogP contribution in [0.1, 0.15) is 22.3 Å². The molecule has 1 aromatic rings. The van der Waals surface area contributed by atoms with Gasteiger partial charge in [0, 0.05) is 12.5 Å². The number of hydrogen-bond donors (Lipinski definition) is 1. The van der Waals surface area contributed by atoms with Gasteiger partial charge in [0.2, 0.25) is 0 Å². The minimum absolute atomic E-state index is 0.0343. The van der Waals surface area contributed by atoms with Gasteiger partial charge in [-0.25, -0.2) is 8.78 Å². The number of hydrogen-bond acceptors (Lipinski definition) is 3. The third-order valence-corrected chi connectivity index (χ3v) is 1.85. The molecule has 2 N–H and O–H groups in total. The van der Waals surface area contributed by atoms with Crippen LogP contribution in [0, 0.1) is 23.0 Å². The molecule has 1 aromatic carbocycles. The van der Waals surface area contributed by atoms with E-state index in [0.29, 0.717) is 6.07 Å². The molecular formula is C10H8F2N2O. The van der Waals surface area contributed by atoms with E-state index >= 15 is 0 Å². The SMILES string of the molecule is N#Cc1cc(C(=O)CCN)c(F)cc1F. The van der Waals surface area contributed by atoms with E-state index in [4.69, 9.17) is 11.0 Å². The first kappa shape index (κ1) is 11.3. The molecule has 78 valence electrons. The molecule has 5 heteroatoms. The first-order chi connectivity index (χ1) is 7.10. The number of carbonyl (C=O) groups is 1. The van der Waals surface area contributed by atoms with Crippen molar-refractivity contribution >= 4 is 5.78 Å². The molecule has 0 aliphatic rings. The number of rotatable bonds is 3. The Morgan fingerprint density at radius 2 is 2.07 bits per heavy atom. The zero-order valence-electron chi connectivity index (χ0n) is 7.76. The summed E-state index contributed by atoms with van der Waals surface area (Å²) < 4.78 is 26.0. The van der Waals surface area contributed by atoms with E-state index < -0.39 is 17.4 Å². The highest BCUT2D eigenvalue weighted by Gasteiger charge is 2.15. The van der Waals surface area contributed by atoms with E-state index in [0.717, 1.165) is 6.07 Å². The van der Waals surface area contributed by atoms with Gasteiger partial charge in [-0.15, -0.1) is 0 Å². The Kier molecular flexibility index (Phi) is 3.47. The highest BCUT2D eigenvalue weighted by Crippen LogP contribution is 2.15. The molecular weight excluding hydrogens is 202 g/mol. The lowest BCUT2D eigenvalue weighted by molar-refractivity contribution is 0.0981. The van der Waals surface area contributed by atoms with Crippen LogP contribution >= 0.6 is 0 Å². The lowest BCUT2D eigenvalue weighted by Gasteiger charge is -2.02. The Hall–Kier alpha value is -1.80. The van der Waals surface area contributed by atoms with Gasteiger partial charge in [0.1, 0.15) is 17.7 Å². The molecule has 0 radical (unpaired) electrons. The van der Waals surface area contributed by atoms with E-state index in [-0.39, 0.29) is 24.1 Å². The van der Waals surface area contributed by atoms with Crippen molar-refractivity contribution in [3.8, 4) is 6.07 Å². The van der Waals surface area contributed by atoms with E-state index in [1.807, 2.05) is 0 Å². The molecule has 0 atom stereocenters. The van der Waals surface area contributed by atoms with Crippen LogP contribution in [0.15, 0.2) is 12.1 Å². The summed E-state index contributed by atoms with van der Waals surface area (Å²) in [5, 5.41) is 8.50. The van der Waals surface area contributed by atoms with Gasteiger partial charge < -0.3 is 5.73 Å². The molecule has 1 rings (SSSR count). The van der Waals surface area contributed by atoms with Crippen LogP contribution in [0.3, 0.4) is 0 Å². The fourth-order valence-electron chi connectivity index (χ4n) is 1.11. The second-order valence-electron chi connectivity index (χ2n) is 2.89. The van der Waals surface area contributed by atoms with Crippen molar-refractivity contribution in [3.05, 3.63) is 34.9 Å². The highest BCUT2D eigenvalue weighted by molar-refractivity contribution is 5.96. The standard InChI is InChI=1S/C10H8F2N2O/c11-8-4-9(12)7(3-6(8)5-14)10(15)1-2-13/h3-4H,1-2,13H2. The largest absolute Gasteiger partial charge is 0.330 e. The molecule has 0 unspecified atom stereocenters. The minimum atomic E-state index is -0.973. The van der Waals surface area contributed by atoms with E-state index in [9.17, 15) is 13.6 Å². The summed E-state index contributed by atoms with van der Waals surface area (Å²) in [6.45, 7) is 0.0809. The monoisotopic (exact) mass is 210 g/mol. The predicted molar refractivity (Wildman–Crippen MR) is 49.1 cm³/mol. The predicted octanol–water partition coefficient (Wildman–Crippen LogP) is 1.37. The molecule has 0 aromatic heterocycles. The Morgan fingerprint density at radius 3 is 2.60 bits per heavy atom. The summed E-state index contributed by atoms with van der Waals surface area (Å²) in [4.78, 5) is 11.3. The van der Waals surface area contributed by atoms with Crippen LogP contribution < -0.4 is 5.73 Å². The molecule has 3 nitrogen and oxygen atoms in total. The van der Waals surface area contributed by atoms with E-state index in [2.05, 4.69) is 0 Å². The molecule has 0 amide bonds. The average Bonchev–Trinajstić information content (AvgIpc) is 2.18. The van der Waals surface area contributed by atoms with Gasteiger partial charge in [-0.2, -0.15) is 5.26 Å². The van der Waals surface area contributed by atoms with Gasteiger partial charge in [0.05, 0.1) is 11.1 Å². The van der Waals surface area contributed by atoms with Crippen LogP contribution in [-0.2, 0) is 0 Å². The van der Waals surface area contributed by atoms with Crippen molar-refractivity contribution in [1.29, 1.82) is 5.26 Å². The first-order valence-electron chi connectivity index (χ1n) is 4.22. The Morgan fingerprint density at radius 1 is 1.40 bits per heavy atom. The van der Waals surface area contributed by atoms with Gasteiger partial charge >= 0.3 is 0 Å². The summed E-state index contributed by atoms with van der Waals surface area (Å²) in [6, 6.07) is 2.97. The van der Waals surface area contributed by atoms with Crippen molar-refractivity contribution in [3.63, 3.8) is 0 Å². The summed E-state index contributed by atoms with van der Waals surface area (Å²) in [5.41, 5.74) is 4.49. The third kappa shape index (κ3) is 2.36. The lowest BCUT2D eigenvalue weighted by Crippen LogP contribution is -2.10.